The number of nitrogens with zero attached hydrogens (tertiary/aromatic N) is 3. The Labute approximate surface area is 449 Å². The van der Waals surface area contributed by atoms with Crippen molar-refractivity contribution in [2.24, 2.45) is 5.11 Å². The number of anilines is 5. The molecule has 0 saturated carbocycles. The number of rotatable bonds is 19. The Morgan fingerprint density at radius 3 is 1.38 bits per heavy atom. The lowest BCUT2D eigenvalue weighted by atomic mass is 9.88. The third kappa shape index (κ3) is 15.4. The maximum atomic E-state index is 13.3. The van der Waals surface area contributed by atoms with Crippen LogP contribution in [0.3, 0.4) is 0 Å². The topological polar surface area (TPSA) is 253 Å². The molecule has 0 aliphatic heterocycles. The van der Waals surface area contributed by atoms with E-state index in [4.69, 9.17) is 5.53 Å². The minimum absolute atomic E-state index is 0.0419. The summed E-state index contributed by atoms with van der Waals surface area (Å²) in [5.74, 6) is 0.0278. The highest BCUT2D eigenvalue weighted by molar-refractivity contribution is 7.93. The number of carbonyl (C=O) groups is 4. The Morgan fingerprint density at radius 1 is 0.571 bits per heavy atom. The third-order valence-electron chi connectivity index (χ3n) is 13.3. The molecule has 0 radical (unpaired) electrons. The number of pyridine rings is 2. The number of sulfonamides is 2. The van der Waals surface area contributed by atoms with E-state index in [0.717, 1.165) is 49.7 Å². The molecular formula is C57H64N10O8S2+2. The molecule has 0 spiro atoms. The molecule has 0 bridgehead atoms. The van der Waals surface area contributed by atoms with Crippen LogP contribution in [0.1, 0.15) is 90.2 Å². The van der Waals surface area contributed by atoms with Gasteiger partial charge in [0.25, 0.3) is 31.9 Å². The van der Waals surface area contributed by atoms with E-state index in [-0.39, 0.29) is 41.1 Å². The normalized spacial score (nSPS) is 15.0. The SMILES string of the molecule is Cc1ccc(S(=O)(=O)Nc2ccc(N=N)cc2)c(C)c1NC(=O)C[n+]1ccc(C2CC=CCC2)cc1.Cc1ccc(S(=O)(=O)Nc2ccc(NNC(=O)CC=O)cc2)c(C)c1NC(=O)C[n+]1ccc(C2CC=CCC2)cc1. The number of allylic oxidation sites excluding steroid dienone is 4. The maximum absolute atomic E-state index is 13.3. The van der Waals surface area contributed by atoms with Crippen molar-refractivity contribution < 1.29 is 45.1 Å². The number of amides is 3. The van der Waals surface area contributed by atoms with Gasteiger partial charge in [0, 0.05) is 47.0 Å². The van der Waals surface area contributed by atoms with Gasteiger partial charge < -0.3 is 15.4 Å². The van der Waals surface area contributed by atoms with E-state index in [1.165, 1.54) is 35.4 Å². The zero-order chi connectivity index (χ0) is 55.1. The molecule has 400 valence electrons. The van der Waals surface area contributed by atoms with Crippen molar-refractivity contribution in [3.63, 3.8) is 0 Å². The molecule has 2 unspecified atom stereocenters. The van der Waals surface area contributed by atoms with Gasteiger partial charge in [-0.15, -0.1) is 0 Å². The van der Waals surface area contributed by atoms with Crippen molar-refractivity contribution in [3.05, 3.63) is 180 Å². The Balaban J connectivity index is 0.000000225. The molecule has 8 rings (SSSR count). The second-order valence-electron chi connectivity index (χ2n) is 18.9. The van der Waals surface area contributed by atoms with Gasteiger partial charge in [-0.1, -0.05) is 36.4 Å². The number of aryl methyl sites for hydroxylation is 2. The van der Waals surface area contributed by atoms with Gasteiger partial charge in [0.05, 0.1) is 27.6 Å². The van der Waals surface area contributed by atoms with E-state index in [1.807, 2.05) is 43.2 Å². The highest BCUT2D eigenvalue weighted by atomic mass is 32.2. The van der Waals surface area contributed by atoms with Gasteiger partial charge in [-0.2, -0.15) is 14.2 Å². The van der Waals surface area contributed by atoms with Crippen molar-refractivity contribution >= 4 is 78.2 Å². The van der Waals surface area contributed by atoms with Crippen LogP contribution in [0.2, 0.25) is 0 Å². The van der Waals surface area contributed by atoms with Crippen LogP contribution in [0.15, 0.2) is 161 Å². The summed E-state index contributed by atoms with van der Waals surface area (Å²) >= 11 is 0. The zero-order valence-electron chi connectivity index (χ0n) is 43.4. The van der Waals surface area contributed by atoms with Crippen LogP contribution in [-0.4, -0.2) is 40.8 Å². The van der Waals surface area contributed by atoms with Gasteiger partial charge in [-0.3, -0.25) is 34.7 Å². The van der Waals surface area contributed by atoms with Crippen LogP contribution in [0.4, 0.5) is 34.1 Å². The molecule has 77 heavy (non-hydrogen) atoms. The lowest BCUT2D eigenvalue weighted by molar-refractivity contribution is -0.684. The summed E-state index contributed by atoms with van der Waals surface area (Å²) in [6.45, 7) is 7.19. The summed E-state index contributed by atoms with van der Waals surface area (Å²) in [7, 11) is -7.88. The number of aldehydes is 1. The standard InChI is InChI=1S/C30H33N5O5S.C27H29N5O3S/c1-21-8-13-27(41(39,40)34-26-11-9-25(10-12-26)32-33-28(37)16-19-36)22(2)30(21)31-29(38)20-35-17-14-24(15-18-35)23-6-4-3-5-7-23;1-19-8-13-25(36(34,35)31-24-11-9-23(30-28)10-12-24)20(2)27(19)29-26(33)18-32-16-14-22(15-17-32)21-6-4-3-5-7-21/h3-4,8-15,17-19,23,32,34H,5-7,16,20H2,1-2H3,(H-,31,33,37,38);3-4,8-17,21H,5-7,18H2,1-2H3,(H2-,28,29,31,33)/p+2. The molecule has 2 heterocycles. The van der Waals surface area contributed by atoms with Gasteiger partial charge in [0.15, 0.2) is 24.8 Å². The first kappa shape index (κ1) is 56.4. The highest BCUT2D eigenvalue weighted by Crippen LogP contribution is 2.32. The van der Waals surface area contributed by atoms with Gasteiger partial charge in [-0.05, 0) is 172 Å². The van der Waals surface area contributed by atoms with Crippen LogP contribution >= 0.6 is 0 Å². The zero-order valence-corrected chi connectivity index (χ0v) is 45.0. The number of hydrogen-bond acceptors (Lipinski definition) is 11. The van der Waals surface area contributed by atoms with Crippen molar-refractivity contribution in [2.75, 3.05) is 25.5 Å². The molecule has 6 aromatic rings. The van der Waals surface area contributed by atoms with Crippen molar-refractivity contribution in [1.29, 1.82) is 5.53 Å². The molecule has 18 nitrogen and oxygen atoms in total. The lowest BCUT2D eigenvalue weighted by Crippen LogP contribution is -2.39. The van der Waals surface area contributed by atoms with Crippen LogP contribution in [-0.2, 0) is 52.3 Å². The number of carbonyl (C=O) groups excluding carboxylic acids is 4. The Bertz CT molecular complexity index is 3400. The Hall–Kier alpha value is -8.36. The molecule has 7 N–H and O–H groups in total. The summed E-state index contributed by atoms with van der Waals surface area (Å²) in [6.07, 6.45) is 23.2. The molecule has 2 aromatic heterocycles. The van der Waals surface area contributed by atoms with E-state index in [9.17, 15) is 36.0 Å². The van der Waals surface area contributed by atoms with Crippen LogP contribution in [0.5, 0.6) is 0 Å². The second kappa shape index (κ2) is 25.9. The van der Waals surface area contributed by atoms with Crippen molar-refractivity contribution in [2.45, 2.75) is 107 Å². The fourth-order valence-corrected chi connectivity index (χ4v) is 11.7. The number of benzene rings is 4. The van der Waals surface area contributed by atoms with Crippen LogP contribution in [0.25, 0.3) is 0 Å². The lowest BCUT2D eigenvalue weighted by Gasteiger charge is -2.17. The smallest absolute Gasteiger partial charge is 0.290 e. The molecule has 0 saturated heterocycles. The molecular weight excluding hydrogens is 1020 g/mol. The van der Waals surface area contributed by atoms with E-state index in [0.29, 0.717) is 63.4 Å². The average Bonchev–Trinajstić information content (AvgIpc) is 3.42. The highest BCUT2D eigenvalue weighted by Gasteiger charge is 2.25. The molecule has 3 amide bonds. The van der Waals surface area contributed by atoms with E-state index in [1.54, 1.807) is 66.9 Å². The molecule has 4 aromatic carbocycles. The molecule has 2 atom stereocenters. The molecule has 2 aliphatic carbocycles. The number of aromatic nitrogens is 2. The summed E-state index contributed by atoms with van der Waals surface area (Å²) < 4.78 is 61.4. The second-order valence-corrected chi connectivity index (χ2v) is 22.2. The van der Waals surface area contributed by atoms with E-state index < -0.39 is 26.0 Å². The molecule has 0 fully saturated rings. The fraction of sp³-hybridized carbons (Fsp3) is 0.263. The van der Waals surface area contributed by atoms with Gasteiger partial charge in [-0.25, -0.2) is 22.4 Å². The Morgan fingerprint density at radius 2 is 0.987 bits per heavy atom. The minimum atomic E-state index is -3.98. The summed E-state index contributed by atoms with van der Waals surface area (Å²) in [5.41, 5.74) is 19.5. The number of hydrogen-bond donors (Lipinski definition) is 7. The summed E-state index contributed by atoms with van der Waals surface area (Å²) in [4.78, 5) is 47.7. The molecule has 2 aliphatic rings. The van der Waals surface area contributed by atoms with Crippen LogP contribution in [0, 0.1) is 33.2 Å². The summed E-state index contributed by atoms with van der Waals surface area (Å²) in [5, 5.41) is 9.11. The Kier molecular flexibility index (Phi) is 19.0. The molecule has 20 heteroatoms. The van der Waals surface area contributed by atoms with Crippen molar-refractivity contribution in [1.82, 2.24) is 5.43 Å². The number of nitrogens with one attached hydrogen (secondary N) is 7. The monoisotopic (exact) mass is 1080 g/mol. The summed E-state index contributed by atoms with van der Waals surface area (Å²) in [6, 6.07) is 27.0. The third-order valence-corrected chi connectivity index (χ3v) is 16.4. The van der Waals surface area contributed by atoms with E-state index in [2.05, 4.69) is 84.6 Å². The first-order chi connectivity index (χ1) is 36.9. The van der Waals surface area contributed by atoms with Gasteiger partial charge in [0.2, 0.25) is 19.0 Å². The van der Waals surface area contributed by atoms with Crippen molar-refractivity contribution in [3.8, 4) is 0 Å². The minimum Gasteiger partial charge on any atom is -0.320 e. The van der Waals surface area contributed by atoms with Gasteiger partial charge in [0.1, 0.15) is 6.29 Å². The maximum Gasteiger partial charge on any atom is 0.290 e. The first-order valence-electron chi connectivity index (χ1n) is 25.1. The quantitative estimate of drug-likeness (QED) is 0.0102. The first-order valence-corrected chi connectivity index (χ1v) is 28.1. The van der Waals surface area contributed by atoms with Gasteiger partial charge >= 0.3 is 0 Å². The fourth-order valence-electron chi connectivity index (χ4n) is 9.11. The van der Waals surface area contributed by atoms with E-state index >= 15 is 0 Å². The van der Waals surface area contributed by atoms with Crippen LogP contribution < -0.4 is 40.1 Å². The predicted octanol–water partition coefficient (Wildman–Crippen LogP) is 9.40. The average molecular weight is 1080 g/mol. The largest absolute Gasteiger partial charge is 0.320 e. The number of hydrazine groups is 1. The predicted molar refractivity (Wildman–Crippen MR) is 296 cm³/mol.